The number of nitrogens with one attached hydrogen (secondary N) is 1. The Hall–Kier alpha value is -1.63. The number of piperidine rings is 1. The Kier molecular flexibility index (Phi) is 4.59. The Morgan fingerprint density at radius 3 is 2.90 bits per heavy atom. The van der Waals surface area contributed by atoms with Gasteiger partial charge >= 0.3 is 0 Å². The second kappa shape index (κ2) is 6.21. The monoisotopic (exact) mass is 296 g/mol. The lowest BCUT2D eigenvalue weighted by Crippen LogP contribution is -2.50. The largest absolute Gasteiger partial charge is 0.375 e. The smallest absolute Gasteiger partial charge is 0.271 e. The summed E-state index contributed by atoms with van der Waals surface area (Å²) in [5.41, 5.74) is 5.87. The van der Waals surface area contributed by atoms with Crippen molar-refractivity contribution in [1.29, 1.82) is 0 Å². The molecule has 0 bridgehead atoms. The molecule has 0 aromatic carbocycles. The molecule has 2 amide bonds. The number of carbonyl (C=O) groups is 2. The number of anilines is 1. The van der Waals surface area contributed by atoms with Crippen LogP contribution in [0.1, 0.15) is 37.2 Å². The van der Waals surface area contributed by atoms with Crippen LogP contribution in [-0.2, 0) is 4.79 Å². The number of nitrogen functional groups attached to an aromatic ring is 1. The zero-order valence-electron chi connectivity index (χ0n) is 11.8. The quantitative estimate of drug-likeness (QED) is 0.874. The molecule has 1 aliphatic rings. The van der Waals surface area contributed by atoms with E-state index in [-0.39, 0.29) is 23.8 Å². The van der Waals surface area contributed by atoms with Crippen LogP contribution in [0.25, 0.3) is 0 Å². The van der Waals surface area contributed by atoms with E-state index in [9.17, 15) is 9.59 Å². The number of carbonyl (C=O) groups excluding carboxylic acids is 2. The van der Waals surface area contributed by atoms with E-state index in [0.29, 0.717) is 17.4 Å². The first-order chi connectivity index (χ1) is 9.47. The van der Waals surface area contributed by atoms with E-state index in [0.717, 1.165) is 19.4 Å². The summed E-state index contributed by atoms with van der Waals surface area (Å²) in [6.45, 7) is 5.13. The molecule has 1 aliphatic heterocycles. The first-order valence-corrected chi connectivity index (χ1v) is 7.66. The second-order valence-electron chi connectivity index (χ2n) is 5.32. The van der Waals surface area contributed by atoms with Gasteiger partial charge in [-0.15, -0.1) is 11.3 Å². The molecule has 7 heteroatoms. The van der Waals surface area contributed by atoms with Crippen molar-refractivity contribution in [2.24, 2.45) is 5.92 Å². The zero-order valence-corrected chi connectivity index (χ0v) is 12.6. The van der Waals surface area contributed by atoms with Crippen molar-refractivity contribution in [3.63, 3.8) is 0 Å². The Morgan fingerprint density at radius 2 is 2.30 bits per heavy atom. The molecule has 2 heterocycles. The highest BCUT2D eigenvalue weighted by Crippen LogP contribution is 2.15. The summed E-state index contributed by atoms with van der Waals surface area (Å²) in [5, 5.41) is 4.96. The lowest BCUT2D eigenvalue weighted by Gasteiger charge is -2.34. The van der Waals surface area contributed by atoms with Crippen molar-refractivity contribution in [3.05, 3.63) is 11.1 Å². The topological polar surface area (TPSA) is 88.3 Å². The van der Waals surface area contributed by atoms with Gasteiger partial charge in [-0.1, -0.05) is 13.8 Å². The highest BCUT2D eigenvalue weighted by molar-refractivity contribution is 7.13. The summed E-state index contributed by atoms with van der Waals surface area (Å²) in [7, 11) is 0. The van der Waals surface area contributed by atoms with Gasteiger partial charge in [0.2, 0.25) is 5.91 Å². The predicted molar refractivity (Wildman–Crippen MR) is 78.4 cm³/mol. The SMILES string of the molecule is CC(C)C(=O)N1CCC[C@H](NC(=O)c2csc(N)n2)C1. The Bertz CT molecular complexity index is 500. The number of hydrogen-bond donors (Lipinski definition) is 2. The number of thiazole rings is 1. The van der Waals surface area contributed by atoms with Gasteiger partial charge in [-0.3, -0.25) is 9.59 Å². The molecule has 110 valence electrons. The minimum atomic E-state index is -0.221. The molecule has 20 heavy (non-hydrogen) atoms. The summed E-state index contributed by atoms with van der Waals surface area (Å²) < 4.78 is 0. The fourth-order valence-electron chi connectivity index (χ4n) is 2.31. The van der Waals surface area contributed by atoms with Gasteiger partial charge in [0.25, 0.3) is 5.91 Å². The van der Waals surface area contributed by atoms with Crippen LogP contribution in [0.2, 0.25) is 0 Å². The highest BCUT2D eigenvalue weighted by Gasteiger charge is 2.26. The molecule has 1 saturated heterocycles. The van der Waals surface area contributed by atoms with Gasteiger partial charge in [0, 0.05) is 30.4 Å². The van der Waals surface area contributed by atoms with E-state index in [2.05, 4.69) is 10.3 Å². The minimum Gasteiger partial charge on any atom is -0.375 e. The average molecular weight is 296 g/mol. The maximum Gasteiger partial charge on any atom is 0.271 e. The van der Waals surface area contributed by atoms with E-state index < -0.39 is 0 Å². The Morgan fingerprint density at radius 1 is 1.55 bits per heavy atom. The van der Waals surface area contributed by atoms with E-state index in [1.807, 2.05) is 18.7 Å². The molecule has 3 N–H and O–H groups in total. The number of amides is 2. The molecule has 6 nitrogen and oxygen atoms in total. The molecule has 0 unspecified atom stereocenters. The fourth-order valence-corrected chi connectivity index (χ4v) is 2.85. The molecule has 0 spiro atoms. The first kappa shape index (κ1) is 14.8. The zero-order chi connectivity index (χ0) is 14.7. The van der Waals surface area contributed by atoms with E-state index >= 15 is 0 Å². The first-order valence-electron chi connectivity index (χ1n) is 6.78. The van der Waals surface area contributed by atoms with E-state index in [1.165, 1.54) is 11.3 Å². The van der Waals surface area contributed by atoms with Crippen LogP contribution in [0.15, 0.2) is 5.38 Å². The molecule has 0 saturated carbocycles. The van der Waals surface area contributed by atoms with Crippen LogP contribution >= 0.6 is 11.3 Å². The number of nitrogens with two attached hydrogens (primary N) is 1. The van der Waals surface area contributed by atoms with Crippen molar-refractivity contribution in [2.75, 3.05) is 18.8 Å². The molecule has 1 atom stereocenters. The van der Waals surface area contributed by atoms with Crippen LogP contribution < -0.4 is 11.1 Å². The number of hydrogen-bond acceptors (Lipinski definition) is 5. The van der Waals surface area contributed by atoms with Gasteiger partial charge in [-0.05, 0) is 12.8 Å². The molecular weight excluding hydrogens is 276 g/mol. The third-order valence-electron chi connectivity index (χ3n) is 3.32. The summed E-state index contributed by atoms with van der Waals surface area (Å²) in [6, 6.07) is -0.0122. The van der Waals surface area contributed by atoms with Gasteiger partial charge in [-0.2, -0.15) is 0 Å². The minimum absolute atomic E-state index is 0.0113. The van der Waals surface area contributed by atoms with Crippen LogP contribution in [0.4, 0.5) is 5.13 Å². The van der Waals surface area contributed by atoms with Gasteiger partial charge in [0.05, 0.1) is 0 Å². The number of nitrogens with zero attached hydrogens (tertiary/aromatic N) is 2. The molecule has 0 aliphatic carbocycles. The number of rotatable bonds is 3. The Balaban J connectivity index is 1.93. The Labute approximate surface area is 122 Å². The molecule has 0 radical (unpaired) electrons. The van der Waals surface area contributed by atoms with Crippen molar-refractivity contribution in [3.8, 4) is 0 Å². The van der Waals surface area contributed by atoms with Gasteiger partial charge in [-0.25, -0.2) is 4.98 Å². The molecule has 1 fully saturated rings. The highest BCUT2D eigenvalue weighted by atomic mass is 32.1. The second-order valence-corrected chi connectivity index (χ2v) is 6.21. The average Bonchev–Trinajstić information content (AvgIpc) is 2.85. The summed E-state index contributed by atoms with van der Waals surface area (Å²) in [6.07, 6.45) is 1.79. The third kappa shape index (κ3) is 3.47. The maximum atomic E-state index is 12.0. The van der Waals surface area contributed by atoms with Gasteiger partial charge in [0.15, 0.2) is 5.13 Å². The molecule has 2 rings (SSSR count). The maximum absolute atomic E-state index is 12.0. The van der Waals surface area contributed by atoms with E-state index in [1.54, 1.807) is 5.38 Å². The van der Waals surface area contributed by atoms with Crippen molar-refractivity contribution in [2.45, 2.75) is 32.7 Å². The molecule has 1 aromatic heterocycles. The van der Waals surface area contributed by atoms with Gasteiger partial charge < -0.3 is 16.0 Å². The number of likely N-dealkylation sites (tertiary alicyclic amines) is 1. The molecule has 1 aromatic rings. The standard InChI is InChI=1S/C13H20N4O2S/c1-8(2)12(19)17-5-3-4-9(6-17)15-11(18)10-7-20-13(14)16-10/h7-9H,3-6H2,1-2H3,(H2,14,16)(H,15,18)/t9-/m0/s1. The summed E-state index contributed by atoms with van der Waals surface area (Å²) >= 11 is 1.25. The van der Waals surface area contributed by atoms with E-state index in [4.69, 9.17) is 5.73 Å². The molecular formula is C13H20N4O2S. The number of aromatic nitrogens is 1. The van der Waals surface area contributed by atoms with Crippen LogP contribution in [0.3, 0.4) is 0 Å². The van der Waals surface area contributed by atoms with Crippen molar-refractivity contribution in [1.82, 2.24) is 15.2 Å². The lowest BCUT2D eigenvalue weighted by atomic mass is 10.0. The fraction of sp³-hybridized carbons (Fsp3) is 0.615. The normalized spacial score (nSPS) is 19.1. The van der Waals surface area contributed by atoms with Crippen molar-refractivity contribution < 1.29 is 9.59 Å². The lowest BCUT2D eigenvalue weighted by molar-refractivity contribution is -0.135. The van der Waals surface area contributed by atoms with Gasteiger partial charge in [0.1, 0.15) is 5.69 Å². The summed E-state index contributed by atoms with van der Waals surface area (Å²) in [5.74, 6) is -0.0913. The van der Waals surface area contributed by atoms with Crippen molar-refractivity contribution >= 4 is 28.3 Å². The van der Waals surface area contributed by atoms with Crippen LogP contribution in [-0.4, -0.2) is 40.8 Å². The van der Waals surface area contributed by atoms with Crippen LogP contribution in [0, 0.1) is 5.92 Å². The third-order valence-corrected chi connectivity index (χ3v) is 3.99. The predicted octanol–water partition coefficient (Wildman–Crippen LogP) is 1.10. The summed E-state index contributed by atoms with van der Waals surface area (Å²) in [4.78, 5) is 29.8. The van der Waals surface area contributed by atoms with Crippen LogP contribution in [0.5, 0.6) is 0 Å².